The Labute approximate surface area is 135 Å². The highest BCUT2D eigenvalue weighted by atomic mass is 32.1. The molecule has 0 unspecified atom stereocenters. The summed E-state index contributed by atoms with van der Waals surface area (Å²) in [5, 5.41) is 7.80. The minimum atomic E-state index is 0.479. The lowest BCUT2D eigenvalue weighted by Gasteiger charge is -2.27. The van der Waals surface area contributed by atoms with Crippen molar-refractivity contribution in [1.29, 1.82) is 0 Å². The second-order valence-electron chi connectivity index (χ2n) is 5.10. The van der Waals surface area contributed by atoms with Gasteiger partial charge in [0.1, 0.15) is 6.34 Å². The summed E-state index contributed by atoms with van der Waals surface area (Å²) < 4.78 is 0. The zero-order valence-corrected chi connectivity index (χ0v) is 13.0. The van der Waals surface area contributed by atoms with Crippen LogP contribution in [0.15, 0.2) is 59.7 Å². The number of hydrogen-bond acceptors (Lipinski definition) is 2. The van der Waals surface area contributed by atoms with Crippen molar-refractivity contribution in [2.24, 2.45) is 5.10 Å². The molecule has 5 heteroatoms. The number of nitrogens with zero attached hydrogens (tertiary/aromatic N) is 2. The van der Waals surface area contributed by atoms with Gasteiger partial charge in [0.15, 0.2) is 5.11 Å². The quantitative estimate of drug-likeness (QED) is 0.395. The molecule has 4 nitrogen and oxygen atoms in total. The maximum Gasteiger partial charge on any atom is 0.191 e. The first-order valence-corrected chi connectivity index (χ1v) is 7.73. The molecule has 1 aliphatic rings. The molecule has 0 atom stereocenters. The third-order valence-electron chi connectivity index (χ3n) is 3.54. The number of rotatable bonds is 3. The molecule has 2 aromatic carbocycles. The molecule has 1 aliphatic heterocycles. The van der Waals surface area contributed by atoms with Gasteiger partial charge in [-0.15, -0.1) is 0 Å². The van der Waals surface area contributed by atoms with E-state index in [0.717, 1.165) is 25.1 Å². The molecule has 0 amide bonds. The second-order valence-corrected chi connectivity index (χ2v) is 5.51. The predicted octanol–water partition coefficient (Wildman–Crippen LogP) is 3.37. The average molecular weight is 310 g/mol. The zero-order valence-electron chi connectivity index (χ0n) is 12.2. The number of aryl methyl sites for hydroxylation is 1. The van der Waals surface area contributed by atoms with E-state index < -0.39 is 0 Å². The molecular weight excluding hydrogens is 292 g/mol. The number of nitrogens with one attached hydrogen (secondary N) is 2. The van der Waals surface area contributed by atoms with E-state index in [-0.39, 0.29) is 0 Å². The first-order chi connectivity index (χ1) is 10.8. The van der Waals surface area contributed by atoms with Gasteiger partial charge in [0.2, 0.25) is 0 Å². The number of hydrogen-bond donors (Lipinski definition) is 2. The van der Waals surface area contributed by atoms with Crippen molar-refractivity contribution in [3.8, 4) is 0 Å². The number of para-hydroxylation sites is 2. The average Bonchev–Trinajstić information content (AvgIpc) is 2.56. The third kappa shape index (κ3) is 3.62. The summed E-state index contributed by atoms with van der Waals surface area (Å²) >= 11 is 5.23. The fraction of sp³-hybridized carbons (Fsp3) is 0.176. The van der Waals surface area contributed by atoms with E-state index in [4.69, 9.17) is 12.2 Å². The van der Waals surface area contributed by atoms with Gasteiger partial charge < -0.3 is 10.2 Å². The van der Waals surface area contributed by atoms with Crippen molar-refractivity contribution in [2.45, 2.75) is 12.8 Å². The highest BCUT2D eigenvalue weighted by Gasteiger charge is 2.14. The Morgan fingerprint density at radius 1 is 1.09 bits per heavy atom. The van der Waals surface area contributed by atoms with Gasteiger partial charge in [-0.25, -0.2) is 0 Å². The van der Waals surface area contributed by atoms with Crippen LogP contribution in [0.2, 0.25) is 0 Å². The Kier molecular flexibility index (Phi) is 4.65. The van der Waals surface area contributed by atoms with Crippen LogP contribution in [0.4, 0.5) is 11.4 Å². The molecule has 0 saturated carbocycles. The first-order valence-electron chi connectivity index (χ1n) is 7.33. The summed E-state index contributed by atoms with van der Waals surface area (Å²) in [5.41, 5.74) is 6.39. The second kappa shape index (κ2) is 7.04. The first kappa shape index (κ1) is 14.5. The van der Waals surface area contributed by atoms with E-state index in [2.05, 4.69) is 45.0 Å². The monoisotopic (exact) mass is 310 g/mol. The minimum absolute atomic E-state index is 0.479. The van der Waals surface area contributed by atoms with Crippen molar-refractivity contribution in [3.63, 3.8) is 0 Å². The van der Waals surface area contributed by atoms with Gasteiger partial charge in [0.05, 0.1) is 0 Å². The summed E-state index contributed by atoms with van der Waals surface area (Å²) in [4.78, 5) is 2.15. The van der Waals surface area contributed by atoms with Crippen LogP contribution >= 0.6 is 12.2 Å². The van der Waals surface area contributed by atoms with E-state index in [1.807, 2.05) is 30.3 Å². The molecule has 3 rings (SSSR count). The number of fused-ring (bicyclic) bond motifs is 1. The summed E-state index contributed by atoms with van der Waals surface area (Å²) in [7, 11) is 0. The van der Waals surface area contributed by atoms with Crippen LogP contribution in [0.5, 0.6) is 0 Å². The van der Waals surface area contributed by atoms with Gasteiger partial charge in [0.25, 0.3) is 0 Å². The fourth-order valence-corrected chi connectivity index (χ4v) is 2.69. The Bertz CT molecular complexity index is 669. The molecule has 0 aromatic heterocycles. The van der Waals surface area contributed by atoms with Crippen LogP contribution in [0.25, 0.3) is 0 Å². The van der Waals surface area contributed by atoms with Crippen molar-refractivity contribution in [1.82, 2.24) is 5.43 Å². The lowest BCUT2D eigenvalue weighted by molar-refractivity contribution is 0.780. The normalized spacial score (nSPS) is 13.7. The summed E-state index contributed by atoms with van der Waals surface area (Å²) in [6.45, 7) is 0.973. The molecule has 2 aromatic rings. The van der Waals surface area contributed by atoms with Gasteiger partial charge in [-0.1, -0.05) is 36.4 Å². The predicted molar refractivity (Wildman–Crippen MR) is 96.4 cm³/mol. The Morgan fingerprint density at radius 3 is 2.73 bits per heavy atom. The van der Waals surface area contributed by atoms with E-state index >= 15 is 0 Å². The summed E-state index contributed by atoms with van der Waals surface area (Å²) in [6, 6.07) is 18.2. The smallest absolute Gasteiger partial charge is 0.191 e. The van der Waals surface area contributed by atoms with Crippen molar-refractivity contribution in [3.05, 3.63) is 60.2 Å². The molecular formula is C17H18N4S. The molecule has 0 bridgehead atoms. The molecule has 0 fully saturated rings. The summed E-state index contributed by atoms with van der Waals surface area (Å²) in [6.07, 6.45) is 4.06. The van der Waals surface area contributed by atoms with Gasteiger partial charge >= 0.3 is 0 Å². The van der Waals surface area contributed by atoms with Crippen LogP contribution < -0.4 is 15.6 Å². The maximum absolute atomic E-state index is 5.23. The largest absolute Gasteiger partial charge is 0.331 e. The molecule has 22 heavy (non-hydrogen) atoms. The molecule has 0 saturated heterocycles. The Balaban J connectivity index is 1.58. The van der Waals surface area contributed by atoms with Gasteiger partial charge in [0, 0.05) is 17.9 Å². The molecule has 0 aliphatic carbocycles. The summed E-state index contributed by atoms with van der Waals surface area (Å²) in [5.74, 6) is 0. The Morgan fingerprint density at radius 2 is 1.86 bits per heavy atom. The lowest BCUT2D eigenvalue weighted by atomic mass is 10.0. The van der Waals surface area contributed by atoms with Crippen molar-refractivity contribution >= 4 is 35.0 Å². The van der Waals surface area contributed by atoms with Crippen LogP contribution in [-0.4, -0.2) is 18.0 Å². The molecule has 1 heterocycles. The highest BCUT2D eigenvalue weighted by molar-refractivity contribution is 7.80. The van der Waals surface area contributed by atoms with Crippen molar-refractivity contribution in [2.75, 3.05) is 16.8 Å². The van der Waals surface area contributed by atoms with Gasteiger partial charge in [-0.3, -0.25) is 5.43 Å². The van der Waals surface area contributed by atoms with E-state index in [0.29, 0.717) is 5.11 Å². The molecule has 0 radical (unpaired) electrons. The standard InChI is InChI=1S/C17H18N4S/c22-17(19-15-9-2-1-3-10-15)20-18-13-21-12-6-8-14-7-4-5-11-16(14)21/h1-5,7,9-11,13H,6,8,12H2,(H2,19,20,22). The van der Waals surface area contributed by atoms with Crippen LogP contribution in [0.3, 0.4) is 0 Å². The van der Waals surface area contributed by atoms with E-state index in [1.54, 1.807) is 6.34 Å². The molecule has 0 spiro atoms. The van der Waals surface area contributed by atoms with Crippen LogP contribution in [-0.2, 0) is 6.42 Å². The number of anilines is 2. The van der Waals surface area contributed by atoms with Crippen molar-refractivity contribution < 1.29 is 0 Å². The maximum atomic E-state index is 5.23. The minimum Gasteiger partial charge on any atom is -0.331 e. The molecule has 2 N–H and O–H groups in total. The SMILES string of the molecule is S=C(NN=CN1CCCc2ccccc21)Nc1ccccc1. The van der Waals surface area contributed by atoms with Gasteiger partial charge in [-0.05, 0) is 48.8 Å². The molecule has 112 valence electrons. The number of thiocarbonyl (C=S) groups is 1. The van der Waals surface area contributed by atoms with Gasteiger partial charge in [-0.2, -0.15) is 5.10 Å². The fourth-order valence-electron chi connectivity index (χ4n) is 2.52. The highest BCUT2D eigenvalue weighted by Crippen LogP contribution is 2.25. The van der Waals surface area contributed by atoms with E-state index in [1.165, 1.54) is 11.3 Å². The number of benzene rings is 2. The lowest BCUT2D eigenvalue weighted by Crippen LogP contribution is -2.30. The van der Waals surface area contributed by atoms with Crippen LogP contribution in [0.1, 0.15) is 12.0 Å². The van der Waals surface area contributed by atoms with Crippen LogP contribution in [0, 0.1) is 0 Å². The topological polar surface area (TPSA) is 39.7 Å². The number of hydrazone groups is 1. The Hall–Kier alpha value is -2.40. The zero-order chi connectivity index (χ0) is 15.2. The van der Waals surface area contributed by atoms with E-state index in [9.17, 15) is 0 Å². The third-order valence-corrected chi connectivity index (χ3v) is 3.73.